The van der Waals surface area contributed by atoms with Crippen LogP contribution in [0.2, 0.25) is 0 Å². The van der Waals surface area contributed by atoms with Crippen molar-refractivity contribution in [2.24, 2.45) is 0 Å². The Kier molecular flexibility index (Phi) is 6.14. The maximum atomic E-state index is 12.6. The summed E-state index contributed by atoms with van der Waals surface area (Å²) in [5.41, 5.74) is 0.275. The molecular weight excluding hydrogens is 405 g/mol. The second kappa shape index (κ2) is 8.76. The van der Waals surface area contributed by atoms with Gasteiger partial charge in [-0.1, -0.05) is 5.16 Å². The number of amides is 1. The average molecular weight is 422 g/mol. The monoisotopic (exact) mass is 422 g/mol. The Hall–Kier alpha value is -3.70. The number of hydrogen-bond donors (Lipinski definition) is 1. The molecule has 9 nitrogen and oxygen atoms in total. The molecule has 0 aliphatic carbocycles. The van der Waals surface area contributed by atoms with E-state index in [-0.39, 0.29) is 17.0 Å². The number of nitrogens with one attached hydrogen (secondary N) is 1. The van der Waals surface area contributed by atoms with Gasteiger partial charge in [-0.3, -0.25) is 9.78 Å². The van der Waals surface area contributed by atoms with Crippen LogP contribution in [-0.2, 0) is 6.18 Å². The minimum Gasteiger partial charge on any atom is -0.495 e. The molecule has 0 aliphatic heterocycles. The summed E-state index contributed by atoms with van der Waals surface area (Å²) in [4.78, 5) is 25.6. The minimum atomic E-state index is -4.75. The Balaban J connectivity index is 1.59. The molecule has 0 saturated carbocycles. The number of likely N-dealkylation sites (N-methyl/N-ethyl adjacent to an activating group) is 1. The molecular formula is C18H17F3N6O3. The zero-order valence-corrected chi connectivity index (χ0v) is 16.0. The number of alkyl halides is 3. The fourth-order valence-electron chi connectivity index (χ4n) is 2.42. The van der Waals surface area contributed by atoms with Crippen molar-refractivity contribution in [1.82, 2.24) is 25.4 Å². The summed E-state index contributed by atoms with van der Waals surface area (Å²) in [6.07, 6.45) is -0.634. The van der Waals surface area contributed by atoms with E-state index in [4.69, 9.17) is 4.74 Å². The first-order chi connectivity index (χ1) is 14.3. The Morgan fingerprint density at radius 2 is 2.07 bits per heavy atom. The molecule has 158 valence electrons. The Bertz CT molecular complexity index is 1010. The molecule has 1 N–H and O–H groups in total. The number of anilines is 1. The first kappa shape index (κ1) is 21.0. The molecule has 0 aromatic carbocycles. The van der Waals surface area contributed by atoms with Gasteiger partial charge in [0.25, 0.3) is 5.91 Å². The molecule has 3 aromatic rings. The van der Waals surface area contributed by atoms with Gasteiger partial charge in [-0.05, 0) is 18.2 Å². The molecule has 0 unspecified atom stereocenters. The minimum absolute atomic E-state index is 0.126. The second-order valence-electron chi connectivity index (χ2n) is 6.12. The van der Waals surface area contributed by atoms with Crippen LogP contribution in [0.4, 0.5) is 19.0 Å². The number of methoxy groups -OCH3 is 1. The van der Waals surface area contributed by atoms with E-state index >= 15 is 0 Å². The molecule has 3 aromatic heterocycles. The molecule has 1 amide bonds. The van der Waals surface area contributed by atoms with Gasteiger partial charge >= 0.3 is 12.1 Å². The number of aromatic nitrogens is 4. The maximum absolute atomic E-state index is 12.6. The van der Waals surface area contributed by atoms with Crippen molar-refractivity contribution in [2.45, 2.75) is 6.18 Å². The van der Waals surface area contributed by atoms with Gasteiger partial charge in [0.2, 0.25) is 5.82 Å². The van der Waals surface area contributed by atoms with Crippen LogP contribution >= 0.6 is 0 Å². The van der Waals surface area contributed by atoms with E-state index in [0.717, 1.165) is 0 Å². The number of halogens is 3. The summed E-state index contributed by atoms with van der Waals surface area (Å²) < 4.78 is 47.1. The topological polar surface area (TPSA) is 106 Å². The van der Waals surface area contributed by atoms with Crippen LogP contribution in [0.3, 0.4) is 0 Å². The highest BCUT2D eigenvalue weighted by molar-refractivity contribution is 5.94. The van der Waals surface area contributed by atoms with Crippen LogP contribution < -0.4 is 15.0 Å². The highest BCUT2D eigenvalue weighted by Crippen LogP contribution is 2.29. The van der Waals surface area contributed by atoms with E-state index in [1.54, 1.807) is 25.4 Å². The van der Waals surface area contributed by atoms with Crippen molar-refractivity contribution in [3.63, 3.8) is 0 Å². The van der Waals surface area contributed by atoms with Gasteiger partial charge in [-0.25, -0.2) is 4.98 Å². The van der Waals surface area contributed by atoms with E-state index in [1.165, 1.54) is 18.5 Å². The molecule has 3 heterocycles. The third-order valence-electron chi connectivity index (χ3n) is 4.01. The van der Waals surface area contributed by atoms with Crippen LogP contribution in [0.25, 0.3) is 11.4 Å². The van der Waals surface area contributed by atoms with Gasteiger partial charge < -0.3 is 19.5 Å². The second-order valence-corrected chi connectivity index (χ2v) is 6.12. The number of hydrogen-bond acceptors (Lipinski definition) is 8. The first-order valence-corrected chi connectivity index (χ1v) is 8.63. The first-order valence-electron chi connectivity index (χ1n) is 8.63. The largest absolute Gasteiger partial charge is 0.495 e. The lowest BCUT2D eigenvalue weighted by Crippen LogP contribution is -2.33. The molecule has 0 atom stereocenters. The van der Waals surface area contributed by atoms with E-state index in [9.17, 15) is 18.0 Å². The summed E-state index contributed by atoms with van der Waals surface area (Å²) in [6.45, 7) is 0.770. The predicted molar refractivity (Wildman–Crippen MR) is 98.9 cm³/mol. The van der Waals surface area contributed by atoms with Crippen LogP contribution in [0.15, 0.2) is 41.3 Å². The number of rotatable bonds is 7. The molecule has 0 radical (unpaired) electrons. The lowest BCUT2D eigenvalue weighted by molar-refractivity contribution is -0.159. The number of carbonyl (C=O) groups excluding carboxylic acids is 1. The van der Waals surface area contributed by atoms with E-state index in [0.29, 0.717) is 24.7 Å². The normalized spacial score (nSPS) is 11.2. The Morgan fingerprint density at radius 1 is 1.27 bits per heavy atom. The van der Waals surface area contributed by atoms with Gasteiger partial charge in [-0.2, -0.15) is 18.2 Å². The molecule has 0 bridgehead atoms. The van der Waals surface area contributed by atoms with Crippen LogP contribution in [0.1, 0.15) is 16.2 Å². The van der Waals surface area contributed by atoms with Gasteiger partial charge in [0, 0.05) is 38.1 Å². The zero-order chi connectivity index (χ0) is 21.7. The fraction of sp³-hybridized carbons (Fsp3) is 0.278. The van der Waals surface area contributed by atoms with Gasteiger partial charge in [0.15, 0.2) is 0 Å². The Morgan fingerprint density at radius 3 is 2.70 bits per heavy atom. The van der Waals surface area contributed by atoms with Crippen LogP contribution in [-0.4, -0.2) is 53.3 Å². The molecule has 0 fully saturated rings. The van der Waals surface area contributed by atoms with Crippen molar-refractivity contribution in [2.75, 3.05) is 32.1 Å². The smallest absolute Gasteiger partial charge is 0.471 e. The number of pyridine rings is 2. The summed E-state index contributed by atoms with van der Waals surface area (Å²) in [7, 11) is 3.37. The highest BCUT2D eigenvalue weighted by atomic mass is 19.4. The predicted octanol–water partition coefficient (Wildman–Crippen LogP) is 2.42. The molecule has 0 aliphatic rings. The van der Waals surface area contributed by atoms with Crippen molar-refractivity contribution >= 4 is 11.7 Å². The zero-order valence-electron chi connectivity index (χ0n) is 16.0. The SMILES string of the molecule is COc1ccc(N(C)CCNC(=O)c2cncc(-c3noc(C(F)(F)F)n3)c2)nc1. The van der Waals surface area contributed by atoms with Crippen LogP contribution in [0.5, 0.6) is 5.75 Å². The molecule has 0 saturated heterocycles. The third-order valence-corrected chi connectivity index (χ3v) is 4.01. The van der Waals surface area contributed by atoms with E-state index in [1.807, 2.05) is 11.9 Å². The van der Waals surface area contributed by atoms with Crippen molar-refractivity contribution in [3.8, 4) is 17.1 Å². The summed E-state index contributed by atoms with van der Waals surface area (Å²) in [5.74, 6) is -0.889. The average Bonchev–Trinajstić information content (AvgIpc) is 3.25. The summed E-state index contributed by atoms with van der Waals surface area (Å²) in [6, 6.07) is 4.90. The van der Waals surface area contributed by atoms with Crippen molar-refractivity contribution in [1.29, 1.82) is 0 Å². The summed E-state index contributed by atoms with van der Waals surface area (Å²) >= 11 is 0. The molecule has 30 heavy (non-hydrogen) atoms. The van der Waals surface area contributed by atoms with Crippen LogP contribution in [0, 0.1) is 0 Å². The van der Waals surface area contributed by atoms with E-state index in [2.05, 4.69) is 29.9 Å². The lowest BCUT2D eigenvalue weighted by atomic mass is 10.2. The standard InChI is InChI=1S/C18H17F3N6O3/c1-27(14-4-3-13(29-2)10-24-14)6-5-23-16(28)12-7-11(8-22-9-12)15-25-17(30-26-15)18(19,20)21/h3-4,7-10H,5-6H2,1-2H3,(H,23,28). The van der Waals surface area contributed by atoms with Gasteiger partial charge in [-0.15, -0.1) is 0 Å². The summed E-state index contributed by atoms with van der Waals surface area (Å²) in [5, 5.41) is 6.00. The lowest BCUT2D eigenvalue weighted by Gasteiger charge is -2.18. The Labute approximate surface area is 168 Å². The molecule has 0 spiro atoms. The van der Waals surface area contributed by atoms with Crippen molar-refractivity contribution in [3.05, 3.63) is 48.2 Å². The van der Waals surface area contributed by atoms with Gasteiger partial charge in [0.1, 0.15) is 11.6 Å². The quantitative estimate of drug-likeness (QED) is 0.619. The highest BCUT2D eigenvalue weighted by Gasteiger charge is 2.38. The number of ether oxygens (including phenoxy) is 1. The fourth-order valence-corrected chi connectivity index (χ4v) is 2.42. The number of carbonyl (C=O) groups is 1. The van der Waals surface area contributed by atoms with Crippen molar-refractivity contribution < 1.29 is 27.2 Å². The third kappa shape index (κ3) is 5.01. The van der Waals surface area contributed by atoms with Gasteiger partial charge in [0.05, 0.1) is 18.9 Å². The number of nitrogens with zero attached hydrogens (tertiary/aromatic N) is 5. The molecule has 12 heteroatoms. The van der Waals surface area contributed by atoms with E-state index < -0.39 is 18.0 Å². The molecule has 3 rings (SSSR count). The maximum Gasteiger partial charge on any atom is 0.471 e.